The fourth-order valence-corrected chi connectivity index (χ4v) is 4.28. The second kappa shape index (κ2) is 7.07. The lowest BCUT2D eigenvalue weighted by Crippen LogP contribution is -2.47. The van der Waals surface area contributed by atoms with Gasteiger partial charge in [-0.2, -0.15) is 0 Å². The van der Waals surface area contributed by atoms with Crippen LogP contribution in [0.15, 0.2) is 24.3 Å². The van der Waals surface area contributed by atoms with Crippen LogP contribution in [-0.2, 0) is 14.8 Å². The number of nitrogens with zero attached hydrogens (tertiary/aromatic N) is 3. The molecule has 3 rings (SSSR count). The van der Waals surface area contributed by atoms with Crippen LogP contribution in [0.25, 0.3) is 0 Å². The molecule has 1 saturated heterocycles. The normalized spacial score (nSPS) is 19.7. The van der Waals surface area contributed by atoms with E-state index in [1.165, 1.54) is 0 Å². The first-order chi connectivity index (χ1) is 11.1. The van der Waals surface area contributed by atoms with E-state index in [-0.39, 0.29) is 5.75 Å². The molecule has 1 aromatic carbocycles. The van der Waals surface area contributed by atoms with Gasteiger partial charge in [-0.1, -0.05) is 12.1 Å². The third-order valence-electron chi connectivity index (χ3n) is 4.55. The maximum absolute atomic E-state index is 12.3. The summed E-state index contributed by atoms with van der Waals surface area (Å²) in [6.45, 7) is 8.42. The molecule has 2 aliphatic rings. The summed E-state index contributed by atoms with van der Waals surface area (Å²) in [7, 11) is -3.21. The topological polar surface area (TPSA) is 53.1 Å². The first-order valence-electron chi connectivity index (χ1n) is 8.26. The van der Waals surface area contributed by atoms with Crippen LogP contribution in [0, 0.1) is 0 Å². The Hall–Kier alpha value is -1.31. The molecule has 0 radical (unpaired) electrons. The molecular formula is C16H25N3O3S. The van der Waals surface area contributed by atoms with Crippen molar-refractivity contribution in [3.8, 4) is 0 Å². The molecule has 2 aliphatic heterocycles. The summed E-state index contributed by atoms with van der Waals surface area (Å²) >= 11 is 0. The van der Waals surface area contributed by atoms with Crippen molar-refractivity contribution in [3.05, 3.63) is 24.3 Å². The Morgan fingerprint density at radius 2 is 1.70 bits per heavy atom. The number of ether oxygens (including phenoxy) is 1. The highest BCUT2D eigenvalue weighted by atomic mass is 32.2. The van der Waals surface area contributed by atoms with Crippen LogP contribution < -0.4 is 9.21 Å². The van der Waals surface area contributed by atoms with Gasteiger partial charge in [0.2, 0.25) is 10.0 Å². The standard InChI is InChI=1S/C16H25N3O3S/c1-2-23(20,21)19-10-9-18(15-5-3-4-6-16(15)19)8-7-17-11-13-22-14-12-17/h3-6H,2,7-14H2,1H3. The van der Waals surface area contributed by atoms with E-state index in [9.17, 15) is 8.42 Å². The van der Waals surface area contributed by atoms with Crippen molar-refractivity contribution in [2.45, 2.75) is 6.92 Å². The number of rotatable bonds is 5. The number of fused-ring (bicyclic) bond motifs is 1. The lowest BCUT2D eigenvalue weighted by Gasteiger charge is -2.39. The minimum atomic E-state index is -3.21. The highest BCUT2D eigenvalue weighted by Crippen LogP contribution is 2.34. The molecule has 0 atom stereocenters. The Labute approximate surface area is 138 Å². The van der Waals surface area contributed by atoms with Gasteiger partial charge < -0.3 is 9.64 Å². The zero-order chi connectivity index (χ0) is 16.3. The maximum atomic E-state index is 12.3. The Morgan fingerprint density at radius 1 is 1.00 bits per heavy atom. The summed E-state index contributed by atoms with van der Waals surface area (Å²) in [4.78, 5) is 4.70. The predicted molar refractivity (Wildman–Crippen MR) is 92.7 cm³/mol. The van der Waals surface area contributed by atoms with Gasteiger partial charge in [0.25, 0.3) is 0 Å². The summed E-state index contributed by atoms with van der Waals surface area (Å²) in [5.74, 6) is 0.134. The Balaban J connectivity index is 1.74. The molecule has 0 aliphatic carbocycles. The van der Waals surface area contributed by atoms with Gasteiger partial charge in [-0.15, -0.1) is 0 Å². The van der Waals surface area contributed by atoms with Crippen LogP contribution in [0.2, 0.25) is 0 Å². The van der Waals surface area contributed by atoms with E-state index in [4.69, 9.17) is 4.74 Å². The second-order valence-corrected chi connectivity index (χ2v) is 8.08. The number of hydrogen-bond donors (Lipinski definition) is 0. The number of morpholine rings is 1. The van der Waals surface area contributed by atoms with Crippen LogP contribution in [0.1, 0.15) is 6.92 Å². The van der Waals surface area contributed by atoms with E-state index < -0.39 is 10.0 Å². The molecule has 128 valence electrons. The fourth-order valence-electron chi connectivity index (χ4n) is 3.16. The van der Waals surface area contributed by atoms with Crippen molar-refractivity contribution in [1.82, 2.24) is 4.90 Å². The van der Waals surface area contributed by atoms with Crippen LogP contribution in [0.4, 0.5) is 11.4 Å². The molecule has 0 N–H and O–H groups in total. The highest BCUT2D eigenvalue weighted by molar-refractivity contribution is 7.92. The van der Waals surface area contributed by atoms with E-state index >= 15 is 0 Å². The summed E-state index contributed by atoms with van der Waals surface area (Å²) in [5.41, 5.74) is 1.83. The van der Waals surface area contributed by atoms with Crippen molar-refractivity contribution < 1.29 is 13.2 Å². The number of benzene rings is 1. The number of anilines is 2. The average Bonchev–Trinajstić information content (AvgIpc) is 2.60. The summed E-state index contributed by atoms with van der Waals surface area (Å²) < 4.78 is 31.6. The van der Waals surface area contributed by atoms with Crippen molar-refractivity contribution in [2.75, 3.05) is 67.4 Å². The molecule has 0 bridgehead atoms. The molecule has 2 heterocycles. The van der Waals surface area contributed by atoms with Gasteiger partial charge in [0.1, 0.15) is 0 Å². The molecule has 1 fully saturated rings. The Morgan fingerprint density at radius 3 is 2.39 bits per heavy atom. The van der Waals surface area contributed by atoms with Crippen LogP contribution in [0.5, 0.6) is 0 Å². The lowest BCUT2D eigenvalue weighted by atomic mass is 10.2. The minimum absolute atomic E-state index is 0.134. The molecule has 0 amide bonds. The molecule has 1 aromatic rings. The second-order valence-electron chi connectivity index (χ2n) is 5.90. The number of para-hydroxylation sites is 2. The molecule has 23 heavy (non-hydrogen) atoms. The van der Waals surface area contributed by atoms with Crippen LogP contribution in [0.3, 0.4) is 0 Å². The number of hydrogen-bond acceptors (Lipinski definition) is 5. The fraction of sp³-hybridized carbons (Fsp3) is 0.625. The summed E-state index contributed by atoms with van der Waals surface area (Å²) in [6, 6.07) is 7.81. The van der Waals surface area contributed by atoms with E-state index in [0.717, 1.165) is 57.3 Å². The van der Waals surface area contributed by atoms with Crippen molar-refractivity contribution in [1.29, 1.82) is 0 Å². The molecular weight excluding hydrogens is 314 g/mol. The molecule has 0 unspecified atom stereocenters. The van der Waals surface area contributed by atoms with Crippen LogP contribution >= 0.6 is 0 Å². The van der Waals surface area contributed by atoms with Crippen molar-refractivity contribution in [3.63, 3.8) is 0 Å². The molecule has 6 nitrogen and oxygen atoms in total. The van der Waals surface area contributed by atoms with Gasteiger partial charge in [-0.3, -0.25) is 9.21 Å². The monoisotopic (exact) mass is 339 g/mol. The minimum Gasteiger partial charge on any atom is -0.379 e. The Bertz CT molecular complexity index is 629. The van der Waals surface area contributed by atoms with Gasteiger partial charge in [0.05, 0.1) is 36.9 Å². The van der Waals surface area contributed by atoms with Gasteiger partial charge in [0.15, 0.2) is 0 Å². The van der Waals surface area contributed by atoms with Gasteiger partial charge >= 0.3 is 0 Å². The maximum Gasteiger partial charge on any atom is 0.235 e. The molecule has 0 spiro atoms. The van der Waals surface area contributed by atoms with E-state index in [2.05, 4.69) is 9.80 Å². The third kappa shape index (κ3) is 3.62. The quantitative estimate of drug-likeness (QED) is 0.801. The molecule has 7 heteroatoms. The lowest BCUT2D eigenvalue weighted by molar-refractivity contribution is 0.0392. The summed E-state index contributed by atoms with van der Waals surface area (Å²) in [6.07, 6.45) is 0. The third-order valence-corrected chi connectivity index (χ3v) is 6.33. The zero-order valence-electron chi connectivity index (χ0n) is 13.6. The molecule has 0 saturated carbocycles. The van der Waals surface area contributed by atoms with E-state index in [1.807, 2.05) is 24.3 Å². The summed E-state index contributed by atoms with van der Waals surface area (Å²) in [5, 5.41) is 0. The molecule has 0 aromatic heterocycles. The first-order valence-corrected chi connectivity index (χ1v) is 9.87. The van der Waals surface area contributed by atoms with Gasteiger partial charge in [-0.25, -0.2) is 8.42 Å². The SMILES string of the molecule is CCS(=O)(=O)N1CCN(CCN2CCOCC2)c2ccccc21. The van der Waals surface area contributed by atoms with Crippen LogP contribution in [-0.4, -0.2) is 71.6 Å². The predicted octanol–water partition coefficient (Wildman–Crippen LogP) is 0.995. The number of sulfonamides is 1. The van der Waals surface area contributed by atoms with E-state index in [1.54, 1.807) is 11.2 Å². The smallest absolute Gasteiger partial charge is 0.235 e. The zero-order valence-corrected chi connectivity index (χ0v) is 14.5. The van der Waals surface area contributed by atoms with Gasteiger partial charge in [0, 0.05) is 32.7 Å². The first kappa shape index (κ1) is 16.5. The van der Waals surface area contributed by atoms with E-state index in [0.29, 0.717) is 6.54 Å². The largest absolute Gasteiger partial charge is 0.379 e. The highest BCUT2D eigenvalue weighted by Gasteiger charge is 2.29. The average molecular weight is 339 g/mol. The van der Waals surface area contributed by atoms with Crippen molar-refractivity contribution >= 4 is 21.4 Å². The van der Waals surface area contributed by atoms with Crippen molar-refractivity contribution in [2.24, 2.45) is 0 Å². The Kier molecular flexibility index (Phi) is 5.08. The van der Waals surface area contributed by atoms with Gasteiger partial charge in [-0.05, 0) is 19.1 Å².